The number of fused-ring (bicyclic) bond motifs is 2. The molecule has 0 aromatic carbocycles. The summed E-state index contributed by atoms with van der Waals surface area (Å²) in [6.07, 6.45) is 5.79. The van der Waals surface area contributed by atoms with Gasteiger partial charge in [-0.15, -0.1) is 35.5 Å². The van der Waals surface area contributed by atoms with Crippen molar-refractivity contribution in [3.63, 3.8) is 0 Å². The Morgan fingerprint density at radius 3 is 2.85 bits per heavy atom. The maximum Gasteiger partial charge on any atom is 0.230 e. The number of thiophene rings is 1. The van der Waals surface area contributed by atoms with E-state index in [1.165, 1.54) is 19.3 Å². The van der Waals surface area contributed by atoms with Crippen LogP contribution in [0.15, 0.2) is 28.1 Å². The zero-order valence-corrected chi connectivity index (χ0v) is 17.6. The second kappa shape index (κ2) is 9.45. The standard InChI is InChI=1S/C19H25N3O2S2.ClH/c20-14-7-12-3-1-4-13(8-14)19(12)21-18(23)11-25-10-15-9-16(24-22-15)17-5-2-6-26-17;/h2,5-6,9,12-14,19H,1,3-4,7-8,10-11,20H2,(H,21,23);1H. The topological polar surface area (TPSA) is 81.1 Å². The fourth-order valence-electron chi connectivity index (χ4n) is 4.42. The summed E-state index contributed by atoms with van der Waals surface area (Å²) in [6, 6.07) is 6.62. The summed E-state index contributed by atoms with van der Waals surface area (Å²) in [4.78, 5) is 13.5. The molecule has 2 aliphatic rings. The number of nitrogens with one attached hydrogen (secondary N) is 1. The summed E-state index contributed by atoms with van der Waals surface area (Å²) >= 11 is 3.22. The summed E-state index contributed by atoms with van der Waals surface area (Å²) < 4.78 is 5.38. The fraction of sp³-hybridized carbons (Fsp3) is 0.579. The maximum atomic E-state index is 12.4. The molecule has 2 heterocycles. The Balaban J connectivity index is 0.00000210. The largest absolute Gasteiger partial charge is 0.355 e. The first-order valence-electron chi connectivity index (χ1n) is 9.31. The van der Waals surface area contributed by atoms with Gasteiger partial charge in [-0.2, -0.15) is 0 Å². The highest BCUT2D eigenvalue weighted by Gasteiger charge is 2.39. The Kier molecular flexibility index (Phi) is 7.25. The first kappa shape index (κ1) is 20.7. The Labute approximate surface area is 174 Å². The van der Waals surface area contributed by atoms with Crippen LogP contribution in [0, 0.1) is 11.8 Å². The molecule has 0 radical (unpaired) electrons. The zero-order chi connectivity index (χ0) is 17.9. The highest BCUT2D eigenvalue weighted by atomic mass is 35.5. The van der Waals surface area contributed by atoms with Crippen molar-refractivity contribution in [1.82, 2.24) is 10.5 Å². The van der Waals surface area contributed by atoms with E-state index in [1.54, 1.807) is 23.1 Å². The van der Waals surface area contributed by atoms with E-state index >= 15 is 0 Å². The van der Waals surface area contributed by atoms with Crippen LogP contribution in [0.4, 0.5) is 0 Å². The molecule has 2 aliphatic carbocycles. The van der Waals surface area contributed by atoms with Gasteiger partial charge in [-0.1, -0.05) is 17.6 Å². The van der Waals surface area contributed by atoms with E-state index in [4.69, 9.17) is 10.3 Å². The van der Waals surface area contributed by atoms with E-state index in [-0.39, 0.29) is 18.3 Å². The number of nitrogens with zero attached hydrogens (tertiary/aromatic N) is 1. The average Bonchev–Trinajstić information content (AvgIpc) is 3.27. The van der Waals surface area contributed by atoms with Crippen LogP contribution in [0.25, 0.3) is 10.6 Å². The van der Waals surface area contributed by atoms with Crippen LogP contribution in [0.1, 0.15) is 37.8 Å². The lowest BCUT2D eigenvalue weighted by molar-refractivity contribution is -0.120. The highest BCUT2D eigenvalue weighted by molar-refractivity contribution is 7.99. The molecule has 2 unspecified atom stereocenters. The molecule has 2 bridgehead atoms. The van der Waals surface area contributed by atoms with Gasteiger partial charge >= 0.3 is 0 Å². The minimum atomic E-state index is 0. The van der Waals surface area contributed by atoms with Gasteiger partial charge in [0.1, 0.15) is 0 Å². The molecule has 0 spiro atoms. The fourth-order valence-corrected chi connectivity index (χ4v) is 5.80. The number of nitrogens with two attached hydrogens (primary N) is 1. The third kappa shape index (κ3) is 5.08. The maximum absolute atomic E-state index is 12.4. The lowest BCUT2D eigenvalue weighted by Gasteiger charge is -2.45. The molecular formula is C19H26ClN3O2S2. The molecule has 2 aromatic rings. The Bertz CT molecular complexity index is 723. The van der Waals surface area contributed by atoms with E-state index in [2.05, 4.69) is 10.5 Å². The number of hydrogen-bond donors (Lipinski definition) is 2. The summed E-state index contributed by atoms with van der Waals surface area (Å²) in [6.45, 7) is 0. The van der Waals surface area contributed by atoms with Gasteiger partial charge in [0, 0.05) is 23.9 Å². The van der Waals surface area contributed by atoms with Gasteiger partial charge in [0.15, 0.2) is 5.76 Å². The van der Waals surface area contributed by atoms with E-state index in [9.17, 15) is 4.79 Å². The number of carbonyl (C=O) groups is 1. The average molecular weight is 428 g/mol. The van der Waals surface area contributed by atoms with Crippen LogP contribution in [-0.2, 0) is 10.5 Å². The van der Waals surface area contributed by atoms with Crippen molar-refractivity contribution in [3.8, 4) is 10.6 Å². The van der Waals surface area contributed by atoms with Crippen LogP contribution in [0.5, 0.6) is 0 Å². The molecule has 3 N–H and O–H groups in total. The van der Waals surface area contributed by atoms with Gasteiger partial charge in [-0.05, 0) is 49.0 Å². The molecule has 148 valence electrons. The van der Waals surface area contributed by atoms with Gasteiger partial charge in [0.2, 0.25) is 5.91 Å². The molecule has 2 fully saturated rings. The minimum absolute atomic E-state index is 0. The Morgan fingerprint density at radius 1 is 1.37 bits per heavy atom. The SMILES string of the molecule is Cl.NC1CC2CCCC(C1)C2NC(=O)CSCc1cc(-c2cccs2)on1. The highest BCUT2D eigenvalue weighted by Crippen LogP contribution is 2.39. The summed E-state index contributed by atoms with van der Waals surface area (Å²) in [5.74, 6) is 3.21. The van der Waals surface area contributed by atoms with E-state index in [0.29, 0.717) is 35.4 Å². The van der Waals surface area contributed by atoms with Crippen LogP contribution in [0.3, 0.4) is 0 Å². The number of thioether (sulfide) groups is 1. The second-order valence-electron chi connectivity index (χ2n) is 7.43. The monoisotopic (exact) mass is 427 g/mol. The molecule has 2 aromatic heterocycles. The normalized spacial score (nSPS) is 27.0. The van der Waals surface area contributed by atoms with Gasteiger partial charge in [-0.3, -0.25) is 4.79 Å². The van der Waals surface area contributed by atoms with Crippen LogP contribution in [-0.4, -0.2) is 28.9 Å². The smallest absolute Gasteiger partial charge is 0.230 e. The molecule has 8 heteroatoms. The minimum Gasteiger partial charge on any atom is -0.355 e. The molecule has 2 atom stereocenters. The summed E-state index contributed by atoms with van der Waals surface area (Å²) in [7, 11) is 0. The summed E-state index contributed by atoms with van der Waals surface area (Å²) in [5, 5.41) is 9.42. The van der Waals surface area contributed by atoms with Gasteiger partial charge in [0.25, 0.3) is 0 Å². The Hall–Kier alpha value is -1.02. The Morgan fingerprint density at radius 2 is 2.15 bits per heavy atom. The molecule has 5 nitrogen and oxygen atoms in total. The third-order valence-electron chi connectivity index (χ3n) is 5.51. The zero-order valence-electron chi connectivity index (χ0n) is 15.1. The van der Waals surface area contributed by atoms with Crippen molar-refractivity contribution in [3.05, 3.63) is 29.3 Å². The second-order valence-corrected chi connectivity index (χ2v) is 9.36. The van der Waals surface area contributed by atoms with Crippen molar-refractivity contribution in [2.45, 2.75) is 49.9 Å². The van der Waals surface area contributed by atoms with E-state index < -0.39 is 0 Å². The number of halogens is 1. The molecule has 2 saturated carbocycles. The first-order valence-corrected chi connectivity index (χ1v) is 11.3. The lowest BCUT2D eigenvalue weighted by atomic mass is 9.67. The number of amides is 1. The first-order chi connectivity index (χ1) is 12.7. The van der Waals surface area contributed by atoms with Crippen LogP contribution < -0.4 is 11.1 Å². The van der Waals surface area contributed by atoms with Crippen molar-refractivity contribution >= 4 is 41.4 Å². The number of aromatic nitrogens is 1. The molecule has 1 amide bonds. The molecular weight excluding hydrogens is 402 g/mol. The van der Waals surface area contributed by atoms with Gasteiger partial charge < -0.3 is 15.6 Å². The van der Waals surface area contributed by atoms with E-state index in [1.807, 2.05) is 23.6 Å². The van der Waals surface area contributed by atoms with Crippen molar-refractivity contribution in [2.75, 3.05) is 5.75 Å². The predicted molar refractivity (Wildman–Crippen MR) is 113 cm³/mol. The predicted octanol–water partition coefficient (Wildman–Crippen LogP) is 4.08. The lowest BCUT2D eigenvalue weighted by Crippen LogP contribution is -2.54. The van der Waals surface area contributed by atoms with E-state index in [0.717, 1.165) is 29.2 Å². The van der Waals surface area contributed by atoms with Crippen molar-refractivity contribution in [1.29, 1.82) is 0 Å². The summed E-state index contributed by atoms with van der Waals surface area (Å²) in [5.41, 5.74) is 7.05. The van der Waals surface area contributed by atoms with Crippen LogP contribution in [0.2, 0.25) is 0 Å². The number of carbonyl (C=O) groups excluding carboxylic acids is 1. The molecule has 0 aliphatic heterocycles. The van der Waals surface area contributed by atoms with Gasteiger partial charge in [0.05, 0.1) is 16.3 Å². The van der Waals surface area contributed by atoms with Crippen LogP contribution >= 0.6 is 35.5 Å². The number of hydrogen-bond acceptors (Lipinski definition) is 6. The molecule has 0 saturated heterocycles. The quantitative estimate of drug-likeness (QED) is 0.725. The van der Waals surface area contributed by atoms with Crippen molar-refractivity contribution in [2.24, 2.45) is 17.6 Å². The number of rotatable bonds is 6. The third-order valence-corrected chi connectivity index (χ3v) is 7.36. The molecule has 27 heavy (non-hydrogen) atoms. The molecule has 4 rings (SSSR count). The van der Waals surface area contributed by atoms with Gasteiger partial charge in [-0.25, -0.2) is 0 Å². The van der Waals surface area contributed by atoms with Crippen molar-refractivity contribution < 1.29 is 9.32 Å².